The highest BCUT2D eigenvalue weighted by atomic mass is 35.5. The first-order chi connectivity index (χ1) is 12.8. The lowest BCUT2D eigenvalue weighted by atomic mass is 10.2. The van der Waals surface area contributed by atoms with Crippen molar-refractivity contribution in [2.45, 2.75) is 20.0 Å². The van der Waals surface area contributed by atoms with Gasteiger partial charge in [-0.3, -0.25) is 4.79 Å². The Morgan fingerprint density at radius 1 is 1.26 bits per heavy atom. The average Bonchev–Trinajstić information content (AvgIpc) is 2.64. The van der Waals surface area contributed by atoms with Gasteiger partial charge in [0.05, 0.1) is 29.3 Å². The Kier molecular flexibility index (Phi) is 7.27. The lowest BCUT2D eigenvalue weighted by molar-refractivity contribution is -0.123. The maximum absolute atomic E-state index is 12.4. The normalized spacial score (nSPS) is 11.4. The average molecular weight is 413 g/mol. The molecule has 0 saturated heterocycles. The van der Waals surface area contributed by atoms with Crippen molar-refractivity contribution in [2.75, 3.05) is 19.0 Å². The number of aromatic nitrogens is 1. The SMILES string of the molecule is CCOc1c(Cl)cc(C(=O)O[C@H](C)C(=O)Nc2ccc(Cl)cn2)cc1OC. The zero-order valence-corrected chi connectivity index (χ0v) is 16.4. The molecule has 0 fully saturated rings. The summed E-state index contributed by atoms with van der Waals surface area (Å²) in [5.74, 6) is -0.359. The fourth-order valence-corrected chi connectivity index (χ4v) is 2.46. The molecule has 27 heavy (non-hydrogen) atoms. The Morgan fingerprint density at radius 3 is 2.59 bits per heavy atom. The molecular formula is C18H18Cl2N2O5. The summed E-state index contributed by atoms with van der Waals surface area (Å²) in [6.45, 7) is 3.63. The topological polar surface area (TPSA) is 86.8 Å². The van der Waals surface area contributed by atoms with Crippen molar-refractivity contribution in [1.29, 1.82) is 0 Å². The molecule has 1 N–H and O–H groups in total. The highest BCUT2D eigenvalue weighted by Crippen LogP contribution is 2.36. The zero-order valence-electron chi connectivity index (χ0n) is 14.9. The number of halogens is 2. The smallest absolute Gasteiger partial charge is 0.339 e. The lowest BCUT2D eigenvalue weighted by Gasteiger charge is -2.15. The van der Waals surface area contributed by atoms with Crippen LogP contribution in [0, 0.1) is 0 Å². The van der Waals surface area contributed by atoms with E-state index in [-0.39, 0.29) is 16.4 Å². The van der Waals surface area contributed by atoms with Crippen LogP contribution in [0.1, 0.15) is 24.2 Å². The van der Waals surface area contributed by atoms with E-state index in [1.807, 2.05) is 0 Å². The van der Waals surface area contributed by atoms with Crippen molar-refractivity contribution >= 4 is 40.9 Å². The predicted molar refractivity (Wildman–Crippen MR) is 102 cm³/mol. The van der Waals surface area contributed by atoms with Crippen LogP contribution in [0.2, 0.25) is 10.0 Å². The number of methoxy groups -OCH3 is 1. The third kappa shape index (κ3) is 5.48. The van der Waals surface area contributed by atoms with E-state index in [0.29, 0.717) is 23.1 Å². The van der Waals surface area contributed by atoms with E-state index in [2.05, 4.69) is 10.3 Å². The van der Waals surface area contributed by atoms with Crippen LogP contribution in [0.5, 0.6) is 11.5 Å². The number of pyridine rings is 1. The molecule has 0 unspecified atom stereocenters. The third-order valence-electron chi connectivity index (χ3n) is 3.39. The Bertz CT molecular complexity index is 827. The maximum Gasteiger partial charge on any atom is 0.339 e. The number of rotatable bonds is 7. The van der Waals surface area contributed by atoms with Crippen LogP contribution in [0.25, 0.3) is 0 Å². The molecule has 144 valence electrons. The first kappa shape index (κ1) is 20.8. The molecule has 1 heterocycles. The number of nitrogens with zero attached hydrogens (tertiary/aromatic N) is 1. The molecule has 1 aromatic carbocycles. The van der Waals surface area contributed by atoms with Crippen molar-refractivity contribution in [3.63, 3.8) is 0 Å². The number of nitrogens with one attached hydrogen (secondary N) is 1. The van der Waals surface area contributed by atoms with Crippen molar-refractivity contribution in [3.8, 4) is 11.5 Å². The number of anilines is 1. The summed E-state index contributed by atoms with van der Waals surface area (Å²) >= 11 is 11.9. The van der Waals surface area contributed by atoms with E-state index in [4.69, 9.17) is 37.4 Å². The van der Waals surface area contributed by atoms with Crippen molar-refractivity contribution in [1.82, 2.24) is 4.98 Å². The highest BCUT2D eigenvalue weighted by Gasteiger charge is 2.22. The number of ether oxygens (including phenoxy) is 3. The van der Waals surface area contributed by atoms with Gasteiger partial charge in [0, 0.05) is 6.20 Å². The molecule has 0 spiro atoms. The molecule has 0 saturated carbocycles. The summed E-state index contributed by atoms with van der Waals surface area (Å²) in [7, 11) is 1.43. The molecule has 0 aliphatic heterocycles. The second-order valence-electron chi connectivity index (χ2n) is 5.32. The molecule has 2 rings (SSSR count). The number of esters is 1. The van der Waals surface area contributed by atoms with Crippen LogP contribution < -0.4 is 14.8 Å². The van der Waals surface area contributed by atoms with Gasteiger partial charge in [0.15, 0.2) is 17.6 Å². The van der Waals surface area contributed by atoms with E-state index < -0.39 is 18.0 Å². The van der Waals surface area contributed by atoms with Gasteiger partial charge in [-0.2, -0.15) is 0 Å². The number of carbonyl (C=O) groups excluding carboxylic acids is 2. The van der Waals surface area contributed by atoms with E-state index in [0.717, 1.165) is 0 Å². The molecule has 1 amide bonds. The fourth-order valence-electron chi connectivity index (χ4n) is 2.08. The second kappa shape index (κ2) is 9.43. The minimum atomic E-state index is -1.06. The number of amides is 1. The van der Waals surface area contributed by atoms with Crippen molar-refractivity contribution in [3.05, 3.63) is 46.1 Å². The summed E-state index contributed by atoms with van der Waals surface area (Å²) < 4.78 is 15.8. The van der Waals surface area contributed by atoms with Gasteiger partial charge < -0.3 is 19.5 Å². The fraction of sp³-hybridized carbons (Fsp3) is 0.278. The van der Waals surface area contributed by atoms with Crippen molar-refractivity contribution < 1.29 is 23.8 Å². The number of carbonyl (C=O) groups is 2. The molecule has 7 nitrogen and oxygen atoms in total. The first-order valence-electron chi connectivity index (χ1n) is 7.99. The molecule has 0 aliphatic rings. The van der Waals surface area contributed by atoms with Crippen LogP contribution in [0.3, 0.4) is 0 Å². The van der Waals surface area contributed by atoms with Gasteiger partial charge in [-0.05, 0) is 38.1 Å². The zero-order chi connectivity index (χ0) is 20.0. The van der Waals surface area contributed by atoms with Gasteiger partial charge in [0.2, 0.25) is 0 Å². The van der Waals surface area contributed by atoms with Crippen LogP contribution in [-0.4, -0.2) is 36.7 Å². The largest absolute Gasteiger partial charge is 0.493 e. The molecule has 0 radical (unpaired) electrons. The molecular weight excluding hydrogens is 395 g/mol. The summed E-state index contributed by atoms with van der Waals surface area (Å²) in [6, 6.07) is 5.94. The molecule has 1 atom stereocenters. The molecule has 1 aromatic heterocycles. The van der Waals surface area contributed by atoms with Gasteiger partial charge >= 0.3 is 5.97 Å². The third-order valence-corrected chi connectivity index (χ3v) is 3.89. The van der Waals surface area contributed by atoms with E-state index in [9.17, 15) is 9.59 Å². The van der Waals surface area contributed by atoms with E-state index >= 15 is 0 Å². The molecule has 0 bridgehead atoms. The molecule has 0 aliphatic carbocycles. The predicted octanol–water partition coefficient (Wildman–Crippen LogP) is 3.98. The summed E-state index contributed by atoms with van der Waals surface area (Å²) in [4.78, 5) is 28.5. The second-order valence-corrected chi connectivity index (χ2v) is 6.16. The minimum absolute atomic E-state index is 0.129. The lowest BCUT2D eigenvalue weighted by Crippen LogP contribution is -2.30. The quantitative estimate of drug-likeness (QED) is 0.691. The molecule has 9 heteroatoms. The van der Waals surface area contributed by atoms with Crippen LogP contribution >= 0.6 is 23.2 Å². The van der Waals surface area contributed by atoms with E-state index in [1.54, 1.807) is 13.0 Å². The Labute approximate surface area is 166 Å². The van der Waals surface area contributed by atoms with Gasteiger partial charge in [0.1, 0.15) is 5.82 Å². The Morgan fingerprint density at radius 2 is 2.00 bits per heavy atom. The van der Waals surface area contributed by atoms with Gasteiger partial charge in [-0.1, -0.05) is 23.2 Å². The highest BCUT2D eigenvalue weighted by molar-refractivity contribution is 6.32. The van der Waals surface area contributed by atoms with Crippen LogP contribution in [0.15, 0.2) is 30.5 Å². The van der Waals surface area contributed by atoms with Crippen LogP contribution in [-0.2, 0) is 9.53 Å². The monoisotopic (exact) mass is 412 g/mol. The first-order valence-corrected chi connectivity index (χ1v) is 8.75. The van der Waals surface area contributed by atoms with Gasteiger partial charge in [-0.25, -0.2) is 9.78 Å². The minimum Gasteiger partial charge on any atom is -0.493 e. The number of benzene rings is 1. The van der Waals surface area contributed by atoms with Gasteiger partial charge in [-0.15, -0.1) is 0 Å². The summed E-state index contributed by atoms with van der Waals surface area (Å²) in [5.41, 5.74) is 0.129. The van der Waals surface area contributed by atoms with Gasteiger partial charge in [0.25, 0.3) is 5.91 Å². The number of hydrogen-bond acceptors (Lipinski definition) is 6. The summed E-state index contributed by atoms with van der Waals surface area (Å²) in [6.07, 6.45) is 0.327. The Balaban J connectivity index is 2.08. The van der Waals surface area contributed by atoms with Crippen molar-refractivity contribution in [2.24, 2.45) is 0 Å². The standard InChI is InChI=1S/C18H18Cl2N2O5/c1-4-26-16-13(20)7-11(8-14(16)25-3)18(24)27-10(2)17(23)22-15-6-5-12(19)9-21-15/h5-10H,4H2,1-3H3,(H,21,22,23)/t10-/m1/s1. The summed E-state index contributed by atoms with van der Waals surface area (Å²) in [5, 5.41) is 3.17. The molecule has 2 aromatic rings. The number of hydrogen-bond donors (Lipinski definition) is 1. The van der Waals surface area contributed by atoms with E-state index in [1.165, 1.54) is 38.4 Å². The maximum atomic E-state index is 12.4. The van der Waals surface area contributed by atoms with Crippen LogP contribution in [0.4, 0.5) is 5.82 Å². The Hall–Kier alpha value is -2.51.